The number of nitrogens with zero attached hydrogens (tertiary/aromatic N) is 1. The molecule has 1 N–H and O–H groups in total. The average molecular weight is 303 g/mol. The molecule has 1 aromatic carbocycles. The van der Waals surface area contributed by atoms with Gasteiger partial charge in [-0.2, -0.15) is 0 Å². The van der Waals surface area contributed by atoms with Gasteiger partial charge in [0.15, 0.2) is 0 Å². The van der Waals surface area contributed by atoms with Crippen molar-refractivity contribution < 1.29 is 14.7 Å². The fourth-order valence-electron chi connectivity index (χ4n) is 2.86. The lowest BCUT2D eigenvalue weighted by Gasteiger charge is -2.36. The summed E-state index contributed by atoms with van der Waals surface area (Å²) in [7, 11) is 0. The first-order valence-electron chi connectivity index (χ1n) is 7.07. The van der Waals surface area contributed by atoms with Gasteiger partial charge in [-0.25, -0.2) is 0 Å². The van der Waals surface area contributed by atoms with Crippen molar-refractivity contribution in [1.82, 2.24) is 4.90 Å². The van der Waals surface area contributed by atoms with Crippen LogP contribution < -0.4 is 0 Å². The number of rotatable bonds is 2. The van der Waals surface area contributed by atoms with Crippen molar-refractivity contribution >= 4 is 33.3 Å². The molecule has 0 spiro atoms. The van der Waals surface area contributed by atoms with Crippen molar-refractivity contribution in [3.05, 3.63) is 35.2 Å². The number of benzene rings is 1. The number of hydrogen-bond donors (Lipinski definition) is 1. The quantitative estimate of drug-likeness (QED) is 0.926. The Morgan fingerprint density at radius 3 is 2.86 bits per heavy atom. The minimum atomic E-state index is -0.812. The zero-order valence-corrected chi connectivity index (χ0v) is 12.6. The highest BCUT2D eigenvalue weighted by atomic mass is 32.1. The van der Waals surface area contributed by atoms with Crippen LogP contribution in [0.15, 0.2) is 29.6 Å². The third-order valence-electron chi connectivity index (χ3n) is 4.19. The fourth-order valence-corrected chi connectivity index (χ4v) is 3.63. The summed E-state index contributed by atoms with van der Waals surface area (Å²) >= 11 is 1.65. The molecule has 2 heterocycles. The number of carbonyl (C=O) groups is 2. The molecule has 5 heteroatoms. The summed E-state index contributed by atoms with van der Waals surface area (Å²) in [5.74, 6) is -1.33. The van der Waals surface area contributed by atoms with Gasteiger partial charge in [0.1, 0.15) is 0 Å². The molecule has 1 saturated heterocycles. The predicted molar refractivity (Wildman–Crippen MR) is 82.7 cm³/mol. The maximum Gasteiger partial charge on any atom is 0.308 e. The second kappa shape index (κ2) is 5.48. The molecule has 0 radical (unpaired) electrons. The van der Waals surface area contributed by atoms with Crippen molar-refractivity contribution in [3.8, 4) is 0 Å². The Morgan fingerprint density at radius 2 is 2.10 bits per heavy atom. The number of hydrogen-bond acceptors (Lipinski definition) is 3. The fraction of sp³-hybridized carbons (Fsp3) is 0.375. The Morgan fingerprint density at radius 1 is 1.29 bits per heavy atom. The summed E-state index contributed by atoms with van der Waals surface area (Å²) < 4.78 is 1.15. The molecule has 2 aromatic rings. The Labute approximate surface area is 127 Å². The first-order chi connectivity index (χ1) is 10.1. The molecule has 0 bridgehead atoms. The monoisotopic (exact) mass is 303 g/mol. The minimum Gasteiger partial charge on any atom is -0.481 e. The minimum absolute atomic E-state index is 0.0680. The van der Waals surface area contributed by atoms with E-state index in [1.165, 1.54) is 0 Å². The van der Waals surface area contributed by atoms with Crippen LogP contribution in [0.2, 0.25) is 0 Å². The third kappa shape index (κ3) is 2.65. The molecule has 1 fully saturated rings. The predicted octanol–water partition coefficient (Wildman–Crippen LogP) is 3.23. The first-order valence-corrected chi connectivity index (χ1v) is 7.95. The van der Waals surface area contributed by atoms with Crippen molar-refractivity contribution in [1.29, 1.82) is 0 Å². The van der Waals surface area contributed by atoms with E-state index < -0.39 is 11.9 Å². The summed E-state index contributed by atoms with van der Waals surface area (Å²) in [6.45, 7) is 2.29. The van der Waals surface area contributed by atoms with Crippen LogP contribution in [-0.2, 0) is 4.79 Å². The second-order valence-electron chi connectivity index (χ2n) is 5.59. The van der Waals surface area contributed by atoms with E-state index in [1.807, 2.05) is 36.6 Å². The maximum absolute atomic E-state index is 12.7. The van der Waals surface area contributed by atoms with E-state index in [-0.39, 0.29) is 11.9 Å². The lowest BCUT2D eigenvalue weighted by molar-refractivity contribution is -0.143. The number of carboxylic acids is 1. The van der Waals surface area contributed by atoms with Crippen LogP contribution in [0.25, 0.3) is 10.1 Å². The van der Waals surface area contributed by atoms with E-state index in [2.05, 4.69) is 0 Å². The van der Waals surface area contributed by atoms with Crippen LogP contribution in [0.1, 0.15) is 30.1 Å². The Hall–Kier alpha value is -1.88. The van der Waals surface area contributed by atoms with E-state index in [0.717, 1.165) is 16.5 Å². The molecule has 1 aliphatic heterocycles. The van der Waals surface area contributed by atoms with Crippen LogP contribution in [0, 0.1) is 5.92 Å². The van der Waals surface area contributed by atoms with Gasteiger partial charge in [0.25, 0.3) is 5.91 Å². The van der Waals surface area contributed by atoms with Gasteiger partial charge >= 0.3 is 5.97 Å². The van der Waals surface area contributed by atoms with E-state index in [1.54, 1.807) is 16.2 Å². The summed E-state index contributed by atoms with van der Waals surface area (Å²) in [4.78, 5) is 25.6. The molecule has 3 rings (SSSR count). The summed E-state index contributed by atoms with van der Waals surface area (Å²) in [6.07, 6.45) is 1.38. The summed E-state index contributed by atoms with van der Waals surface area (Å²) in [5.41, 5.74) is 0.638. The molecule has 2 atom stereocenters. The number of likely N-dealkylation sites (tertiary alicyclic amines) is 1. The number of carboxylic acid groups (broad SMARTS) is 1. The Balaban J connectivity index is 1.86. The SMILES string of the molecule is CC1CCC(C(=O)O)CN1C(=O)c1ccc2sccc2c1. The number of aliphatic carboxylic acids is 1. The van der Waals surface area contributed by atoms with Gasteiger partial charge in [0.05, 0.1) is 5.92 Å². The topological polar surface area (TPSA) is 57.6 Å². The number of thiophene rings is 1. The van der Waals surface area contributed by atoms with Crippen LogP contribution >= 0.6 is 11.3 Å². The smallest absolute Gasteiger partial charge is 0.308 e. The molecule has 0 aliphatic carbocycles. The lowest BCUT2D eigenvalue weighted by Crippen LogP contribution is -2.47. The van der Waals surface area contributed by atoms with Gasteiger partial charge < -0.3 is 10.0 Å². The zero-order valence-electron chi connectivity index (χ0n) is 11.8. The van der Waals surface area contributed by atoms with Gasteiger partial charge in [-0.15, -0.1) is 11.3 Å². The molecule has 110 valence electrons. The average Bonchev–Trinajstić information content (AvgIpc) is 2.94. The molecule has 1 aliphatic rings. The highest BCUT2D eigenvalue weighted by Crippen LogP contribution is 2.26. The molecular formula is C16H17NO3S. The van der Waals surface area contributed by atoms with Gasteiger partial charge in [0, 0.05) is 22.8 Å². The van der Waals surface area contributed by atoms with Crippen molar-refractivity contribution in [2.45, 2.75) is 25.8 Å². The second-order valence-corrected chi connectivity index (χ2v) is 6.54. The molecule has 1 amide bonds. The number of piperidine rings is 1. The lowest BCUT2D eigenvalue weighted by atomic mass is 9.93. The van der Waals surface area contributed by atoms with Crippen LogP contribution in [0.3, 0.4) is 0 Å². The molecular weight excluding hydrogens is 286 g/mol. The largest absolute Gasteiger partial charge is 0.481 e. The van der Waals surface area contributed by atoms with E-state index in [9.17, 15) is 14.7 Å². The van der Waals surface area contributed by atoms with Gasteiger partial charge in [-0.05, 0) is 54.8 Å². The van der Waals surface area contributed by atoms with E-state index in [0.29, 0.717) is 18.5 Å². The standard InChI is InChI=1S/C16H17NO3S/c1-10-2-3-13(16(19)20)9-17(10)15(18)12-4-5-14-11(8-12)6-7-21-14/h4-8,10,13H,2-3,9H2,1H3,(H,19,20). The normalized spacial score (nSPS) is 22.4. The molecule has 21 heavy (non-hydrogen) atoms. The van der Waals surface area contributed by atoms with E-state index in [4.69, 9.17) is 0 Å². The van der Waals surface area contributed by atoms with Crippen molar-refractivity contribution in [3.63, 3.8) is 0 Å². The summed E-state index contributed by atoms with van der Waals surface area (Å²) in [6, 6.07) is 7.77. The van der Waals surface area contributed by atoms with Crippen LogP contribution in [0.5, 0.6) is 0 Å². The molecule has 0 saturated carbocycles. The van der Waals surface area contributed by atoms with Gasteiger partial charge in [-0.1, -0.05) is 0 Å². The number of carbonyl (C=O) groups excluding carboxylic acids is 1. The molecule has 2 unspecified atom stereocenters. The third-order valence-corrected chi connectivity index (χ3v) is 5.09. The highest BCUT2D eigenvalue weighted by Gasteiger charge is 2.32. The van der Waals surface area contributed by atoms with Crippen LogP contribution in [-0.4, -0.2) is 34.5 Å². The summed E-state index contributed by atoms with van der Waals surface area (Å²) in [5, 5.41) is 12.2. The Kier molecular flexibility index (Phi) is 3.68. The zero-order chi connectivity index (χ0) is 15.0. The number of amides is 1. The van der Waals surface area contributed by atoms with Crippen molar-refractivity contribution in [2.24, 2.45) is 5.92 Å². The highest BCUT2D eigenvalue weighted by molar-refractivity contribution is 7.17. The molecule has 4 nitrogen and oxygen atoms in total. The van der Waals surface area contributed by atoms with Gasteiger partial charge in [-0.3, -0.25) is 9.59 Å². The van der Waals surface area contributed by atoms with Crippen molar-refractivity contribution in [2.75, 3.05) is 6.54 Å². The Bertz CT molecular complexity index is 694. The molecule has 1 aromatic heterocycles. The number of fused-ring (bicyclic) bond motifs is 1. The van der Waals surface area contributed by atoms with Gasteiger partial charge in [0.2, 0.25) is 0 Å². The van der Waals surface area contributed by atoms with E-state index >= 15 is 0 Å². The van der Waals surface area contributed by atoms with Crippen LogP contribution in [0.4, 0.5) is 0 Å². The maximum atomic E-state index is 12.7. The first kappa shape index (κ1) is 14.1.